The number of allylic oxidation sites excluding steroid dienone is 2. The molecule has 160 valence electrons. The summed E-state index contributed by atoms with van der Waals surface area (Å²) in [6.45, 7) is 6.46. The Bertz CT molecular complexity index is 833. The molecular weight excluding hydrogens is 407 g/mol. The fraction of sp³-hybridized carbons (Fsp3) is 0.529. The Labute approximate surface area is 167 Å². The van der Waals surface area contributed by atoms with E-state index < -0.39 is 49.6 Å². The Hall–Kier alpha value is -2.94. The average Bonchev–Trinajstić information content (AvgIpc) is 2.58. The minimum Gasteiger partial charge on any atom is -0.431 e. The second-order valence-electron chi connectivity index (χ2n) is 6.21. The van der Waals surface area contributed by atoms with E-state index >= 15 is 0 Å². The Morgan fingerprint density at radius 3 is 2.07 bits per heavy atom. The first-order valence-corrected chi connectivity index (χ1v) is 10.2. The van der Waals surface area contributed by atoms with Crippen molar-refractivity contribution in [3.8, 4) is 0 Å². The molecule has 29 heavy (non-hydrogen) atoms. The number of nitrogens with one attached hydrogen (secondary N) is 1. The maximum absolute atomic E-state index is 12.4. The van der Waals surface area contributed by atoms with Crippen molar-refractivity contribution in [3.63, 3.8) is 0 Å². The lowest BCUT2D eigenvalue weighted by atomic mass is 10.5. The molecule has 1 N–H and O–H groups in total. The fourth-order valence-electron chi connectivity index (χ4n) is 1.79. The largest absolute Gasteiger partial charge is 0.514 e. The number of ether oxygens (including phenoxy) is 4. The van der Waals surface area contributed by atoms with E-state index in [1.54, 1.807) is 27.7 Å². The number of H-pyrrole nitrogens is 1. The zero-order chi connectivity index (χ0) is 22.0. The van der Waals surface area contributed by atoms with Crippen LogP contribution in [0.4, 0.5) is 9.59 Å². The Kier molecular flexibility index (Phi) is 9.81. The lowest BCUT2D eigenvalue weighted by Gasteiger charge is -2.13. The van der Waals surface area contributed by atoms with E-state index in [-0.39, 0.29) is 12.7 Å². The molecule has 1 rings (SSSR count). The van der Waals surface area contributed by atoms with E-state index in [0.717, 1.165) is 0 Å². The third-order valence-corrected chi connectivity index (χ3v) is 4.20. The highest BCUT2D eigenvalue weighted by atomic mass is 31.1. The number of nitrogens with zero attached hydrogens (tertiary/aromatic N) is 1. The average molecular weight is 431 g/mol. The molecule has 0 saturated heterocycles. The van der Waals surface area contributed by atoms with Gasteiger partial charge < -0.3 is 18.9 Å². The van der Waals surface area contributed by atoms with Gasteiger partial charge in [0.05, 0.1) is 12.2 Å². The van der Waals surface area contributed by atoms with Gasteiger partial charge in [-0.1, -0.05) is 10.6 Å². The molecule has 0 fully saturated rings. The minimum atomic E-state index is -2.38. The van der Waals surface area contributed by atoms with Gasteiger partial charge in [-0.3, -0.25) is 14.3 Å². The zero-order valence-electron chi connectivity index (χ0n) is 16.5. The van der Waals surface area contributed by atoms with E-state index in [2.05, 4.69) is 4.98 Å². The number of rotatable bonds is 9. The first kappa shape index (κ1) is 24.1. The van der Waals surface area contributed by atoms with Crippen LogP contribution < -0.4 is 11.2 Å². The van der Waals surface area contributed by atoms with Crippen molar-refractivity contribution >= 4 is 20.1 Å². The molecule has 0 aromatic carbocycles. The quantitative estimate of drug-likeness (QED) is 0.270. The van der Waals surface area contributed by atoms with Crippen LogP contribution in [0.5, 0.6) is 0 Å². The van der Waals surface area contributed by atoms with Crippen molar-refractivity contribution in [2.75, 3.05) is 6.16 Å². The highest BCUT2D eigenvalue weighted by Gasteiger charge is 2.38. The molecule has 0 bridgehead atoms. The lowest BCUT2D eigenvalue weighted by Crippen LogP contribution is -2.28. The molecule has 1 aromatic rings. The monoisotopic (exact) mass is 431 g/mol. The number of hydrogen-bond donors (Lipinski definition) is 1. The molecule has 0 radical (unpaired) electrons. The van der Waals surface area contributed by atoms with Crippen LogP contribution in [0, 0.1) is 0 Å². The molecule has 1 aromatic heterocycles. The fourth-order valence-corrected chi connectivity index (χ4v) is 2.72. The van der Waals surface area contributed by atoms with E-state index in [4.69, 9.17) is 18.9 Å². The number of hydrogen-bond acceptors (Lipinski definition) is 9. The molecule has 0 spiro atoms. The molecule has 0 aliphatic carbocycles. The SMILES string of the molecule is CC(C)OC(=O)OC(OC(=O)OC(C)C)[P+](=O)C/C=C/Cn1ccc(=O)[nH]c1=O. The molecule has 0 saturated carbocycles. The predicted octanol–water partition coefficient (Wildman–Crippen LogP) is 2.33. The van der Waals surface area contributed by atoms with Gasteiger partial charge in [0, 0.05) is 18.8 Å². The predicted molar refractivity (Wildman–Crippen MR) is 102 cm³/mol. The van der Waals surface area contributed by atoms with Gasteiger partial charge in [-0.15, -0.1) is 0 Å². The summed E-state index contributed by atoms with van der Waals surface area (Å²) in [5.41, 5.74) is -1.11. The molecule has 1 atom stereocenters. The van der Waals surface area contributed by atoms with Crippen LogP contribution in [-0.4, -0.2) is 46.3 Å². The highest BCUT2D eigenvalue weighted by Crippen LogP contribution is 2.31. The summed E-state index contributed by atoms with van der Waals surface area (Å²) in [6.07, 6.45) is 0.898. The van der Waals surface area contributed by atoms with Crippen LogP contribution in [0.25, 0.3) is 0 Å². The van der Waals surface area contributed by atoms with E-state index in [9.17, 15) is 23.7 Å². The summed E-state index contributed by atoms with van der Waals surface area (Å²) in [6, 6.07) is -0.517. The van der Waals surface area contributed by atoms with E-state index in [1.807, 2.05) is 0 Å². The van der Waals surface area contributed by atoms with Crippen molar-refractivity contribution in [2.24, 2.45) is 0 Å². The molecule has 1 heterocycles. The van der Waals surface area contributed by atoms with Crippen LogP contribution in [0.2, 0.25) is 0 Å². The molecule has 0 aliphatic heterocycles. The molecule has 11 nitrogen and oxygen atoms in total. The third kappa shape index (κ3) is 9.70. The molecule has 0 aliphatic rings. The van der Waals surface area contributed by atoms with Gasteiger partial charge in [-0.05, 0) is 33.8 Å². The summed E-state index contributed by atoms with van der Waals surface area (Å²) in [4.78, 5) is 48.0. The van der Waals surface area contributed by atoms with Gasteiger partial charge in [-0.2, -0.15) is 0 Å². The second-order valence-corrected chi connectivity index (χ2v) is 7.83. The van der Waals surface area contributed by atoms with Gasteiger partial charge in [0.1, 0.15) is 0 Å². The zero-order valence-corrected chi connectivity index (χ0v) is 17.4. The van der Waals surface area contributed by atoms with Crippen molar-refractivity contribution < 1.29 is 33.1 Å². The summed E-state index contributed by atoms with van der Waals surface area (Å²) < 4.78 is 32.9. The smallest absolute Gasteiger partial charge is 0.431 e. The number of carbonyl (C=O) groups is 2. The maximum Gasteiger partial charge on any atom is 0.514 e. The summed E-state index contributed by atoms with van der Waals surface area (Å²) in [5, 5.41) is 0. The number of aromatic nitrogens is 2. The lowest BCUT2D eigenvalue weighted by molar-refractivity contribution is -0.0715. The van der Waals surface area contributed by atoms with Crippen LogP contribution in [0.15, 0.2) is 34.0 Å². The van der Waals surface area contributed by atoms with Crippen LogP contribution >= 0.6 is 7.80 Å². The van der Waals surface area contributed by atoms with E-state index in [0.29, 0.717) is 0 Å². The van der Waals surface area contributed by atoms with Crippen molar-refractivity contribution in [1.29, 1.82) is 0 Å². The molecular formula is C17H24N2O9P+. The first-order chi connectivity index (χ1) is 13.6. The van der Waals surface area contributed by atoms with Crippen LogP contribution in [-0.2, 0) is 30.1 Å². The third-order valence-electron chi connectivity index (χ3n) is 2.94. The van der Waals surface area contributed by atoms with Crippen LogP contribution in [0.1, 0.15) is 27.7 Å². The van der Waals surface area contributed by atoms with Gasteiger partial charge >= 0.3 is 31.8 Å². The van der Waals surface area contributed by atoms with Gasteiger partial charge in [-0.25, -0.2) is 14.4 Å². The highest BCUT2D eigenvalue weighted by molar-refractivity contribution is 7.45. The normalized spacial score (nSPS) is 11.8. The van der Waals surface area contributed by atoms with Crippen molar-refractivity contribution in [3.05, 3.63) is 45.3 Å². The van der Waals surface area contributed by atoms with Crippen molar-refractivity contribution in [1.82, 2.24) is 9.55 Å². The molecule has 0 amide bonds. The maximum atomic E-state index is 12.4. The van der Waals surface area contributed by atoms with Gasteiger partial charge in [0.2, 0.25) is 0 Å². The van der Waals surface area contributed by atoms with Crippen molar-refractivity contribution in [2.45, 2.75) is 52.5 Å². The Morgan fingerprint density at radius 2 is 1.59 bits per heavy atom. The number of carbonyl (C=O) groups excluding carboxylic acids is 2. The standard InChI is InChI=1S/C17H23N2O9P/c1-11(2)25-15(22)27-17(28-16(23)26-12(3)4)29(24)10-6-5-8-19-9-7-13(20)18-14(19)21/h5-7,9,11-12,17H,8,10H2,1-4H3/p+1/b6-5+. The molecule has 1 unspecified atom stereocenters. The summed E-state index contributed by atoms with van der Waals surface area (Å²) in [5.74, 6) is 0. The topological polar surface area (TPSA) is 143 Å². The van der Waals surface area contributed by atoms with Crippen LogP contribution in [0.3, 0.4) is 0 Å². The number of aromatic amines is 1. The van der Waals surface area contributed by atoms with E-state index in [1.165, 1.54) is 29.0 Å². The first-order valence-electron chi connectivity index (χ1n) is 8.71. The van der Waals surface area contributed by atoms with Gasteiger partial charge in [0.15, 0.2) is 6.16 Å². The Balaban J connectivity index is 2.73. The summed E-state index contributed by atoms with van der Waals surface area (Å²) in [7, 11) is -2.38. The van der Waals surface area contributed by atoms with Gasteiger partial charge in [0.25, 0.3) is 5.56 Å². The Morgan fingerprint density at radius 1 is 1.03 bits per heavy atom. The minimum absolute atomic E-state index is 0.107. The summed E-state index contributed by atoms with van der Waals surface area (Å²) >= 11 is 0. The second kappa shape index (κ2) is 11.8. The molecule has 12 heteroatoms.